The number of nitrogens with one attached hydrogen (secondary N) is 1. The SMILES string of the molecule is Cn1cc(CCNc2cc(N)ccc2C(N)=O)cn1. The van der Waals surface area contributed by atoms with Gasteiger partial charge in [0, 0.05) is 31.2 Å². The van der Waals surface area contributed by atoms with E-state index in [1.54, 1.807) is 22.9 Å². The molecule has 2 rings (SSSR count). The zero-order valence-electron chi connectivity index (χ0n) is 10.8. The van der Waals surface area contributed by atoms with Crippen LogP contribution in [0.3, 0.4) is 0 Å². The minimum atomic E-state index is -0.469. The van der Waals surface area contributed by atoms with Gasteiger partial charge in [-0.15, -0.1) is 0 Å². The number of nitrogens with two attached hydrogens (primary N) is 2. The summed E-state index contributed by atoms with van der Waals surface area (Å²) in [4.78, 5) is 11.3. The van der Waals surface area contributed by atoms with Gasteiger partial charge in [-0.1, -0.05) is 0 Å². The van der Waals surface area contributed by atoms with Gasteiger partial charge in [-0.05, 0) is 30.2 Å². The van der Waals surface area contributed by atoms with Crippen LogP contribution >= 0.6 is 0 Å². The van der Waals surface area contributed by atoms with E-state index in [2.05, 4.69) is 10.4 Å². The number of carbonyl (C=O) groups is 1. The molecule has 0 aliphatic carbocycles. The molecule has 2 aromatic rings. The van der Waals surface area contributed by atoms with Crippen LogP contribution in [0.15, 0.2) is 30.6 Å². The number of primary amides is 1. The van der Waals surface area contributed by atoms with Crippen LogP contribution < -0.4 is 16.8 Å². The van der Waals surface area contributed by atoms with Crippen molar-refractivity contribution in [2.75, 3.05) is 17.6 Å². The number of amides is 1. The van der Waals surface area contributed by atoms with Gasteiger partial charge in [0.25, 0.3) is 5.91 Å². The first kappa shape index (κ1) is 12.9. The van der Waals surface area contributed by atoms with Crippen LogP contribution in [0.5, 0.6) is 0 Å². The molecule has 0 spiro atoms. The molecule has 100 valence electrons. The Morgan fingerprint density at radius 1 is 1.47 bits per heavy atom. The number of anilines is 2. The molecule has 5 N–H and O–H groups in total. The number of nitrogen functional groups attached to an aromatic ring is 1. The molecule has 0 fully saturated rings. The van der Waals surface area contributed by atoms with E-state index in [0.29, 0.717) is 23.5 Å². The number of carbonyl (C=O) groups excluding carboxylic acids is 1. The number of rotatable bonds is 5. The topological polar surface area (TPSA) is 99.0 Å². The molecule has 6 nitrogen and oxygen atoms in total. The third kappa shape index (κ3) is 3.25. The normalized spacial score (nSPS) is 10.4. The zero-order chi connectivity index (χ0) is 13.8. The molecule has 0 aliphatic rings. The molecule has 6 heteroatoms. The quantitative estimate of drug-likeness (QED) is 0.690. The summed E-state index contributed by atoms with van der Waals surface area (Å²) in [6.07, 6.45) is 4.58. The average molecular weight is 259 g/mol. The van der Waals surface area contributed by atoms with Crippen LogP contribution in [0.1, 0.15) is 15.9 Å². The van der Waals surface area contributed by atoms with Gasteiger partial charge >= 0.3 is 0 Å². The number of hydrogen-bond donors (Lipinski definition) is 3. The van der Waals surface area contributed by atoms with Crippen molar-refractivity contribution >= 4 is 17.3 Å². The average Bonchev–Trinajstić information content (AvgIpc) is 2.75. The first-order chi connectivity index (χ1) is 9.06. The van der Waals surface area contributed by atoms with Gasteiger partial charge in [0.15, 0.2) is 0 Å². The summed E-state index contributed by atoms with van der Waals surface area (Å²) in [6.45, 7) is 0.676. The van der Waals surface area contributed by atoms with Crippen LogP contribution in [-0.2, 0) is 13.5 Å². The van der Waals surface area contributed by atoms with Gasteiger partial charge in [-0.2, -0.15) is 5.10 Å². The fourth-order valence-corrected chi connectivity index (χ4v) is 1.87. The lowest BCUT2D eigenvalue weighted by Gasteiger charge is -2.10. The molecule has 0 aliphatic heterocycles. The van der Waals surface area contributed by atoms with Crippen molar-refractivity contribution in [3.8, 4) is 0 Å². The van der Waals surface area contributed by atoms with Gasteiger partial charge in [0.1, 0.15) is 0 Å². The molecule has 1 heterocycles. The van der Waals surface area contributed by atoms with Crippen molar-refractivity contribution in [3.63, 3.8) is 0 Å². The van der Waals surface area contributed by atoms with E-state index in [1.807, 2.05) is 19.4 Å². The summed E-state index contributed by atoms with van der Waals surface area (Å²) >= 11 is 0. The van der Waals surface area contributed by atoms with Gasteiger partial charge < -0.3 is 16.8 Å². The van der Waals surface area contributed by atoms with Gasteiger partial charge in [-0.25, -0.2) is 0 Å². The molecular weight excluding hydrogens is 242 g/mol. The first-order valence-corrected chi connectivity index (χ1v) is 5.97. The van der Waals surface area contributed by atoms with Crippen LogP contribution in [0.25, 0.3) is 0 Å². The Balaban J connectivity index is 2.02. The molecule has 19 heavy (non-hydrogen) atoms. The van der Waals surface area contributed by atoms with E-state index < -0.39 is 5.91 Å². The number of aromatic nitrogens is 2. The Morgan fingerprint density at radius 2 is 2.26 bits per heavy atom. The molecular formula is C13H17N5O. The summed E-state index contributed by atoms with van der Waals surface area (Å²) in [6, 6.07) is 5.00. The number of hydrogen-bond acceptors (Lipinski definition) is 4. The first-order valence-electron chi connectivity index (χ1n) is 5.97. The Labute approximate surface area is 111 Å². The van der Waals surface area contributed by atoms with Gasteiger partial charge in [-0.3, -0.25) is 9.48 Å². The van der Waals surface area contributed by atoms with Crippen molar-refractivity contribution in [3.05, 3.63) is 41.7 Å². The summed E-state index contributed by atoms with van der Waals surface area (Å²) in [7, 11) is 1.88. The van der Waals surface area contributed by atoms with E-state index in [9.17, 15) is 4.79 Å². The standard InChI is InChI=1S/C13H17N5O/c1-18-8-9(7-17-18)4-5-16-12-6-10(14)2-3-11(12)13(15)19/h2-3,6-8,16H,4-5,14H2,1H3,(H2,15,19). The lowest BCUT2D eigenvalue weighted by Crippen LogP contribution is -2.15. The maximum Gasteiger partial charge on any atom is 0.250 e. The van der Waals surface area contributed by atoms with E-state index in [-0.39, 0.29) is 0 Å². The van der Waals surface area contributed by atoms with Crippen molar-refractivity contribution in [1.29, 1.82) is 0 Å². The fourth-order valence-electron chi connectivity index (χ4n) is 1.87. The molecule has 1 amide bonds. The number of aryl methyl sites for hydroxylation is 1. The smallest absolute Gasteiger partial charge is 0.250 e. The van der Waals surface area contributed by atoms with Crippen molar-refractivity contribution in [2.24, 2.45) is 12.8 Å². The number of nitrogens with zero attached hydrogens (tertiary/aromatic N) is 2. The van der Waals surface area contributed by atoms with Crippen LogP contribution in [0, 0.1) is 0 Å². The predicted octanol–water partition coefficient (Wildman–Crippen LogP) is 0.756. The van der Waals surface area contributed by atoms with E-state index >= 15 is 0 Å². The third-order valence-electron chi connectivity index (χ3n) is 2.80. The van der Waals surface area contributed by atoms with Crippen LogP contribution in [0.2, 0.25) is 0 Å². The Hall–Kier alpha value is -2.50. The molecule has 0 radical (unpaired) electrons. The van der Waals surface area contributed by atoms with E-state index in [1.165, 1.54) is 0 Å². The zero-order valence-corrected chi connectivity index (χ0v) is 10.8. The minimum Gasteiger partial charge on any atom is -0.399 e. The largest absolute Gasteiger partial charge is 0.399 e. The predicted molar refractivity (Wildman–Crippen MR) is 74.8 cm³/mol. The maximum atomic E-state index is 11.3. The highest BCUT2D eigenvalue weighted by Crippen LogP contribution is 2.18. The Bertz CT molecular complexity index is 590. The van der Waals surface area contributed by atoms with Crippen molar-refractivity contribution in [2.45, 2.75) is 6.42 Å². The van der Waals surface area contributed by atoms with Gasteiger partial charge in [0.2, 0.25) is 0 Å². The molecule has 1 aromatic carbocycles. The molecule has 0 saturated heterocycles. The Morgan fingerprint density at radius 3 is 2.89 bits per heavy atom. The lowest BCUT2D eigenvalue weighted by molar-refractivity contribution is 0.100. The van der Waals surface area contributed by atoms with Gasteiger partial charge in [0.05, 0.1) is 11.8 Å². The summed E-state index contributed by atoms with van der Waals surface area (Å²) in [5.41, 5.74) is 13.9. The fraction of sp³-hybridized carbons (Fsp3) is 0.231. The maximum absolute atomic E-state index is 11.3. The molecule has 1 aromatic heterocycles. The monoisotopic (exact) mass is 259 g/mol. The minimum absolute atomic E-state index is 0.445. The number of benzene rings is 1. The van der Waals surface area contributed by atoms with E-state index in [4.69, 9.17) is 11.5 Å². The molecule has 0 unspecified atom stereocenters. The molecule has 0 saturated carbocycles. The highest BCUT2D eigenvalue weighted by atomic mass is 16.1. The van der Waals surface area contributed by atoms with Crippen LogP contribution in [-0.4, -0.2) is 22.2 Å². The third-order valence-corrected chi connectivity index (χ3v) is 2.80. The highest BCUT2D eigenvalue weighted by Gasteiger charge is 2.08. The second-order valence-corrected chi connectivity index (χ2v) is 4.37. The Kier molecular flexibility index (Phi) is 3.70. The van der Waals surface area contributed by atoms with Crippen molar-refractivity contribution in [1.82, 2.24) is 9.78 Å². The summed E-state index contributed by atoms with van der Waals surface area (Å²) < 4.78 is 1.75. The van der Waals surface area contributed by atoms with Crippen molar-refractivity contribution < 1.29 is 4.79 Å². The summed E-state index contributed by atoms with van der Waals surface area (Å²) in [5, 5.41) is 7.27. The molecule has 0 atom stereocenters. The lowest BCUT2D eigenvalue weighted by atomic mass is 10.1. The van der Waals surface area contributed by atoms with E-state index in [0.717, 1.165) is 12.0 Å². The second-order valence-electron chi connectivity index (χ2n) is 4.37. The second kappa shape index (κ2) is 5.43. The molecule has 0 bridgehead atoms. The van der Waals surface area contributed by atoms with Crippen LogP contribution in [0.4, 0.5) is 11.4 Å². The summed E-state index contributed by atoms with van der Waals surface area (Å²) in [5.74, 6) is -0.469. The highest BCUT2D eigenvalue weighted by molar-refractivity contribution is 5.99.